The molecule has 1 aromatic heterocycles. The topological polar surface area (TPSA) is 115 Å². The molecule has 0 aliphatic heterocycles. The number of rotatable bonds is 4. The zero-order chi connectivity index (χ0) is 17.5. The van der Waals surface area contributed by atoms with E-state index in [1.807, 2.05) is 0 Å². The van der Waals surface area contributed by atoms with Crippen molar-refractivity contribution in [3.8, 4) is 0 Å². The second-order valence-corrected chi connectivity index (χ2v) is 7.15. The van der Waals surface area contributed by atoms with Crippen LogP contribution < -0.4 is 5.73 Å². The summed E-state index contributed by atoms with van der Waals surface area (Å²) >= 11 is 0. The van der Waals surface area contributed by atoms with Crippen molar-refractivity contribution in [2.24, 2.45) is 0 Å². The molecule has 0 saturated heterocycles. The Hall–Kier alpha value is -2.87. The van der Waals surface area contributed by atoms with E-state index in [1.54, 1.807) is 37.3 Å². The van der Waals surface area contributed by atoms with Crippen molar-refractivity contribution in [2.75, 3.05) is 5.73 Å². The average molecular weight is 345 g/mol. The molecule has 1 heterocycles. The number of carboxylic acid groups (broad SMARTS) is 1. The maximum absolute atomic E-state index is 12.8. The third-order valence-corrected chi connectivity index (χ3v) is 5.55. The summed E-state index contributed by atoms with van der Waals surface area (Å²) in [5, 5.41) is 9.10. The Morgan fingerprint density at radius 1 is 1.21 bits per heavy atom. The van der Waals surface area contributed by atoms with Gasteiger partial charge in [0.1, 0.15) is 0 Å². The van der Waals surface area contributed by atoms with E-state index in [0.29, 0.717) is 16.6 Å². The van der Waals surface area contributed by atoms with Gasteiger partial charge >= 0.3 is 5.97 Å². The highest BCUT2D eigenvalue weighted by Crippen LogP contribution is 2.27. The monoisotopic (exact) mass is 345 g/mol. The second kappa shape index (κ2) is 5.64. The van der Waals surface area contributed by atoms with Gasteiger partial charge in [0, 0.05) is 0 Å². The van der Waals surface area contributed by atoms with Crippen molar-refractivity contribution in [1.29, 1.82) is 0 Å². The fourth-order valence-corrected chi connectivity index (χ4v) is 3.87. The Kier molecular flexibility index (Phi) is 3.76. The number of nitrogens with two attached hydrogens (primary N) is 1. The highest BCUT2D eigenvalue weighted by molar-refractivity contribution is 7.90. The lowest BCUT2D eigenvalue weighted by atomic mass is 10.0. The predicted octanol–water partition coefficient (Wildman–Crippen LogP) is 2.04. The Morgan fingerprint density at radius 3 is 2.50 bits per heavy atom. The van der Waals surface area contributed by atoms with E-state index in [4.69, 9.17) is 10.8 Å². The van der Waals surface area contributed by atoms with Crippen LogP contribution >= 0.6 is 0 Å². The molecule has 0 aliphatic carbocycles. The third kappa shape index (κ3) is 2.50. The van der Waals surface area contributed by atoms with E-state index < -0.39 is 21.9 Å². The number of nitrogen functional groups attached to an aromatic ring is 1. The number of benzene rings is 2. The minimum absolute atomic E-state index is 0.0963. The summed E-state index contributed by atoms with van der Waals surface area (Å²) in [5.41, 5.74) is 6.98. The molecule has 0 amide bonds. The molecule has 7 nitrogen and oxygen atoms in total. The number of fused-ring (bicyclic) bond motifs is 1. The largest absolute Gasteiger partial charge is 0.481 e. The molecule has 124 valence electrons. The molecule has 24 heavy (non-hydrogen) atoms. The first-order chi connectivity index (χ1) is 11.3. The van der Waals surface area contributed by atoms with Gasteiger partial charge in [0.05, 0.1) is 21.8 Å². The molecule has 8 heteroatoms. The maximum atomic E-state index is 12.8. The molecule has 3 aromatic rings. The second-order valence-electron chi connectivity index (χ2n) is 5.36. The van der Waals surface area contributed by atoms with Crippen LogP contribution in [-0.2, 0) is 14.8 Å². The average Bonchev–Trinajstić information content (AvgIpc) is 2.90. The first-order valence-corrected chi connectivity index (χ1v) is 8.57. The summed E-state index contributed by atoms with van der Waals surface area (Å²) in [7, 11) is -3.89. The zero-order valence-electron chi connectivity index (χ0n) is 12.7. The van der Waals surface area contributed by atoms with E-state index in [2.05, 4.69) is 4.98 Å². The molecule has 1 unspecified atom stereocenters. The number of hydrogen-bond acceptors (Lipinski definition) is 5. The van der Waals surface area contributed by atoms with Crippen LogP contribution in [0.1, 0.15) is 18.4 Å². The first kappa shape index (κ1) is 16.0. The van der Waals surface area contributed by atoms with Crippen LogP contribution in [0.3, 0.4) is 0 Å². The Morgan fingerprint density at radius 2 is 1.88 bits per heavy atom. The fourth-order valence-electron chi connectivity index (χ4n) is 2.46. The zero-order valence-corrected chi connectivity index (χ0v) is 13.6. The summed E-state index contributed by atoms with van der Waals surface area (Å²) < 4.78 is 26.6. The van der Waals surface area contributed by atoms with E-state index in [1.165, 1.54) is 18.2 Å². The van der Waals surface area contributed by atoms with E-state index in [-0.39, 0.29) is 10.8 Å². The fraction of sp³-hybridized carbons (Fsp3) is 0.125. The lowest BCUT2D eigenvalue weighted by molar-refractivity contribution is -0.138. The van der Waals surface area contributed by atoms with Gasteiger partial charge in [-0.05, 0) is 36.8 Å². The molecule has 3 N–H and O–H groups in total. The van der Waals surface area contributed by atoms with Crippen LogP contribution in [0.15, 0.2) is 53.4 Å². The third-order valence-electron chi connectivity index (χ3n) is 3.81. The summed E-state index contributed by atoms with van der Waals surface area (Å²) in [6, 6.07) is 12.5. The van der Waals surface area contributed by atoms with Gasteiger partial charge in [-0.3, -0.25) is 4.79 Å². The van der Waals surface area contributed by atoms with E-state index >= 15 is 0 Å². The molecule has 1 atom stereocenters. The summed E-state index contributed by atoms with van der Waals surface area (Å²) in [6.45, 7) is 1.55. The Labute approximate surface area is 138 Å². The SMILES string of the molecule is CC(C(=O)O)c1ccc2c(c1)nc(N)n2S(=O)(=O)c1ccccc1. The van der Waals surface area contributed by atoms with Crippen LogP contribution in [0.2, 0.25) is 0 Å². The molecule has 0 aliphatic rings. The molecule has 0 saturated carbocycles. The van der Waals surface area contributed by atoms with Crippen molar-refractivity contribution in [1.82, 2.24) is 8.96 Å². The van der Waals surface area contributed by atoms with Crippen molar-refractivity contribution < 1.29 is 18.3 Å². The van der Waals surface area contributed by atoms with Gasteiger partial charge in [0.25, 0.3) is 10.0 Å². The van der Waals surface area contributed by atoms with Crippen LogP contribution in [0.4, 0.5) is 5.95 Å². The minimum Gasteiger partial charge on any atom is -0.481 e. The van der Waals surface area contributed by atoms with Crippen LogP contribution in [0.25, 0.3) is 11.0 Å². The van der Waals surface area contributed by atoms with Crippen LogP contribution in [0.5, 0.6) is 0 Å². The quantitative estimate of drug-likeness (QED) is 0.747. The Bertz CT molecular complexity index is 1030. The molecule has 2 aromatic carbocycles. The number of anilines is 1. The normalized spacial score (nSPS) is 13.0. The van der Waals surface area contributed by atoms with Gasteiger partial charge < -0.3 is 10.8 Å². The first-order valence-electron chi connectivity index (χ1n) is 7.13. The highest BCUT2D eigenvalue weighted by Gasteiger charge is 2.24. The van der Waals surface area contributed by atoms with Crippen molar-refractivity contribution in [2.45, 2.75) is 17.7 Å². The lowest BCUT2D eigenvalue weighted by Crippen LogP contribution is -2.15. The highest BCUT2D eigenvalue weighted by atomic mass is 32.2. The molecule has 0 spiro atoms. The number of imidazole rings is 1. The molecule has 3 rings (SSSR count). The maximum Gasteiger partial charge on any atom is 0.310 e. The van der Waals surface area contributed by atoms with Crippen LogP contribution in [0, 0.1) is 0 Å². The van der Waals surface area contributed by atoms with Crippen molar-refractivity contribution >= 4 is 33.0 Å². The van der Waals surface area contributed by atoms with E-state index in [0.717, 1.165) is 3.97 Å². The number of carbonyl (C=O) groups is 1. The number of carboxylic acids is 1. The Balaban J connectivity index is 2.20. The number of aromatic nitrogens is 2. The standard InChI is InChI=1S/C16H15N3O4S/c1-10(15(20)21)11-7-8-14-13(9-11)18-16(17)19(14)24(22,23)12-5-3-2-4-6-12/h2-10H,1H3,(H2,17,18)(H,20,21). The van der Waals surface area contributed by atoms with Gasteiger partial charge in [0.15, 0.2) is 0 Å². The number of nitrogens with zero attached hydrogens (tertiary/aromatic N) is 2. The number of hydrogen-bond donors (Lipinski definition) is 2. The molecule has 0 fully saturated rings. The summed E-state index contributed by atoms with van der Waals surface area (Å²) in [5.74, 6) is -1.88. The predicted molar refractivity (Wildman–Crippen MR) is 89.2 cm³/mol. The van der Waals surface area contributed by atoms with E-state index in [9.17, 15) is 13.2 Å². The number of aliphatic carboxylic acids is 1. The van der Waals surface area contributed by atoms with Gasteiger partial charge in [-0.25, -0.2) is 17.4 Å². The van der Waals surface area contributed by atoms with Gasteiger partial charge in [0.2, 0.25) is 5.95 Å². The molecular weight excluding hydrogens is 330 g/mol. The molecule has 0 radical (unpaired) electrons. The molecule has 0 bridgehead atoms. The van der Waals surface area contributed by atoms with Gasteiger partial charge in [-0.2, -0.15) is 0 Å². The smallest absolute Gasteiger partial charge is 0.310 e. The lowest BCUT2D eigenvalue weighted by Gasteiger charge is -2.09. The van der Waals surface area contributed by atoms with Crippen LogP contribution in [-0.4, -0.2) is 28.5 Å². The summed E-state index contributed by atoms with van der Waals surface area (Å²) in [6.07, 6.45) is 0. The summed E-state index contributed by atoms with van der Waals surface area (Å²) in [4.78, 5) is 15.3. The minimum atomic E-state index is -3.89. The van der Waals surface area contributed by atoms with Gasteiger partial charge in [-0.15, -0.1) is 0 Å². The van der Waals surface area contributed by atoms with Crippen molar-refractivity contribution in [3.63, 3.8) is 0 Å². The molecular formula is C16H15N3O4S. The van der Waals surface area contributed by atoms with Crippen molar-refractivity contribution in [3.05, 3.63) is 54.1 Å². The van der Waals surface area contributed by atoms with Gasteiger partial charge in [-0.1, -0.05) is 24.3 Å².